The van der Waals surface area contributed by atoms with Crippen molar-refractivity contribution in [2.45, 2.75) is 13.0 Å². The van der Waals surface area contributed by atoms with Crippen LogP contribution in [-0.4, -0.2) is 18.1 Å². The molecule has 5 heteroatoms. The zero-order valence-electron chi connectivity index (χ0n) is 11.8. The van der Waals surface area contributed by atoms with Gasteiger partial charge in [0.15, 0.2) is 0 Å². The Labute approximate surface area is 131 Å². The van der Waals surface area contributed by atoms with E-state index >= 15 is 0 Å². The van der Waals surface area contributed by atoms with Gasteiger partial charge in [-0.25, -0.2) is 0 Å². The summed E-state index contributed by atoms with van der Waals surface area (Å²) in [5, 5.41) is 12.3. The number of carbonyl (C=O) groups is 1. The van der Waals surface area contributed by atoms with Crippen molar-refractivity contribution in [2.75, 3.05) is 12.4 Å². The Kier molecular flexibility index (Phi) is 4.98. The second-order valence-electron chi connectivity index (χ2n) is 4.60. The van der Waals surface area contributed by atoms with Crippen molar-refractivity contribution in [3.63, 3.8) is 0 Å². The maximum absolute atomic E-state index is 12.2. The van der Waals surface area contributed by atoms with Crippen LogP contribution in [0.15, 0.2) is 46.9 Å². The third-order valence-electron chi connectivity index (χ3n) is 3.06. The van der Waals surface area contributed by atoms with E-state index in [4.69, 9.17) is 4.74 Å². The summed E-state index contributed by atoms with van der Waals surface area (Å²) in [6, 6.07) is 12.2. The monoisotopic (exact) mass is 349 g/mol. The Balaban J connectivity index is 2.12. The van der Waals surface area contributed by atoms with Crippen molar-refractivity contribution < 1.29 is 14.6 Å². The van der Waals surface area contributed by atoms with Crippen molar-refractivity contribution in [1.29, 1.82) is 0 Å². The van der Waals surface area contributed by atoms with Crippen LogP contribution in [0.3, 0.4) is 0 Å². The molecule has 2 aromatic rings. The maximum atomic E-state index is 12.2. The molecular weight excluding hydrogens is 334 g/mol. The first-order valence-corrected chi connectivity index (χ1v) is 7.23. The molecule has 0 aliphatic rings. The first-order valence-electron chi connectivity index (χ1n) is 6.44. The number of nitrogens with one attached hydrogen (secondary N) is 1. The molecule has 2 aromatic carbocycles. The van der Waals surface area contributed by atoms with Gasteiger partial charge in [0.25, 0.3) is 5.91 Å². The van der Waals surface area contributed by atoms with Gasteiger partial charge in [-0.3, -0.25) is 4.79 Å². The molecule has 2 N–H and O–H groups in total. The summed E-state index contributed by atoms with van der Waals surface area (Å²) in [4.78, 5) is 12.2. The Morgan fingerprint density at radius 1 is 1.24 bits per heavy atom. The molecule has 1 unspecified atom stereocenters. The van der Waals surface area contributed by atoms with Gasteiger partial charge in [0.2, 0.25) is 0 Å². The molecule has 0 bridgehead atoms. The third kappa shape index (κ3) is 3.83. The number of hydrogen-bond acceptors (Lipinski definition) is 3. The first kappa shape index (κ1) is 15.5. The second kappa shape index (κ2) is 6.74. The van der Waals surface area contributed by atoms with Gasteiger partial charge in [-0.15, -0.1) is 0 Å². The Hall–Kier alpha value is -1.85. The van der Waals surface area contributed by atoms with Crippen molar-refractivity contribution in [1.82, 2.24) is 0 Å². The lowest BCUT2D eigenvalue weighted by Gasteiger charge is -2.09. The minimum atomic E-state index is -0.521. The van der Waals surface area contributed by atoms with Crippen LogP contribution >= 0.6 is 15.9 Å². The number of aliphatic hydroxyl groups excluding tert-OH is 1. The summed E-state index contributed by atoms with van der Waals surface area (Å²) in [7, 11) is 1.57. The maximum Gasteiger partial charge on any atom is 0.255 e. The number of amides is 1. The van der Waals surface area contributed by atoms with Crippen LogP contribution < -0.4 is 10.1 Å². The van der Waals surface area contributed by atoms with Gasteiger partial charge in [0, 0.05) is 11.3 Å². The quantitative estimate of drug-likeness (QED) is 0.883. The fourth-order valence-corrected chi connectivity index (χ4v) is 2.40. The van der Waals surface area contributed by atoms with Crippen molar-refractivity contribution in [2.24, 2.45) is 0 Å². The molecule has 0 heterocycles. The highest BCUT2D eigenvalue weighted by Crippen LogP contribution is 2.26. The number of carbonyl (C=O) groups excluding carboxylic acids is 1. The fourth-order valence-electron chi connectivity index (χ4n) is 1.86. The van der Waals surface area contributed by atoms with Crippen molar-refractivity contribution in [3.8, 4) is 5.75 Å². The summed E-state index contributed by atoms with van der Waals surface area (Å²) in [5.41, 5.74) is 2.01. The van der Waals surface area contributed by atoms with E-state index in [2.05, 4.69) is 21.2 Å². The fraction of sp³-hybridized carbons (Fsp3) is 0.188. The number of aliphatic hydroxyl groups is 1. The van der Waals surface area contributed by atoms with Gasteiger partial charge in [-0.1, -0.05) is 12.1 Å². The molecule has 0 aliphatic heterocycles. The average Bonchev–Trinajstić information content (AvgIpc) is 2.47. The molecular formula is C16H16BrNO3. The van der Waals surface area contributed by atoms with E-state index < -0.39 is 6.10 Å². The molecule has 1 amide bonds. The first-order chi connectivity index (χ1) is 10.0. The predicted molar refractivity (Wildman–Crippen MR) is 85.7 cm³/mol. The highest BCUT2D eigenvalue weighted by Gasteiger charge is 2.09. The number of ether oxygens (including phenoxy) is 1. The summed E-state index contributed by atoms with van der Waals surface area (Å²) in [5.74, 6) is 0.469. The van der Waals surface area contributed by atoms with Crippen LogP contribution in [0.4, 0.5) is 5.69 Å². The topological polar surface area (TPSA) is 58.6 Å². The molecule has 0 aromatic heterocycles. The smallest absolute Gasteiger partial charge is 0.255 e. The highest BCUT2D eigenvalue weighted by atomic mass is 79.9. The molecule has 2 rings (SSSR count). The molecule has 0 spiro atoms. The van der Waals surface area contributed by atoms with Gasteiger partial charge in [-0.05, 0) is 58.7 Å². The number of hydrogen-bond donors (Lipinski definition) is 2. The molecule has 110 valence electrons. The Morgan fingerprint density at radius 3 is 2.43 bits per heavy atom. The second-order valence-corrected chi connectivity index (χ2v) is 5.46. The van der Waals surface area contributed by atoms with Crippen molar-refractivity contribution in [3.05, 3.63) is 58.1 Å². The molecule has 0 fully saturated rings. The minimum Gasteiger partial charge on any atom is -0.496 e. The van der Waals surface area contributed by atoms with E-state index in [0.717, 1.165) is 10.0 Å². The SMILES string of the molecule is COc1ccc(C(=O)Nc2ccc(C(C)O)cc2)cc1Br. The summed E-state index contributed by atoms with van der Waals surface area (Å²) in [6.07, 6.45) is -0.521. The minimum absolute atomic E-state index is 0.205. The van der Waals surface area contributed by atoms with E-state index in [1.54, 1.807) is 56.5 Å². The van der Waals surface area contributed by atoms with Crippen LogP contribution in [-0.2, 0) is 0 Å². The van der Waals surface area contributed by atoms with Gasteiger partial charge in [0.1, 0.15) is 5.75 Å². The van der Waals surface area contributed by atoms with Crippen LogP contribution in [0, 0.1) is 0 Å². The van der Waals surface area contributed by atoms with E-state index in [0.29, 0.717) is 17.0 Å². The lowest BCUT2D eigenvalue weighted by atomic mass is 10.1. The standard InChI is InChI=1S/C16H16BrNO3/c1-10(19)11-3-6-13(7-4-11)18-16(20)12-5-8-15(21-2)14(17)9-12/h3-10,19H,1-2H3,(H,18,20). The lowest BCUT2D eigenvalue weighted by molar-refractivity contribution is 0.102. The molecule has 0 radical (unpaired) electrons. The summed E-state index contributed by atoms with van der Waals surface area (Å²) < 4.78 is 5.86. The lowest BCUT2D eigenvalue weighted by Crippen LogP contribution is -2.12. The van der Waals surface area contributed by atoms with Crippen molar-refractivity contribution >= 4 is 27.5 Å². The molecule has 0 saturated heterocycles. The summed E-state index contributed by atoms with van der Waals surface area (Å²) in [6.45, 7) is 1.70. The molecule has 21 heavy (non-hydrogen) atoms. The van der Waals surface area contributed by atoms with E-state index in [1.807, 2.05) is 0 Å². The Morgan fingerprint density at radius 2 is 1.90 bits per heavy atom. The zero-order chi connectivity index (χ0) is 15.4. The number of halogens is 1. The number of benzene rings is 2. The van der Waals surface area contributed by atoms with E-state index in [1.165, 1.54) is 0 Å². The van der Waals surface area contributed by atoms with Gasteiger partial charge < -0.3 is 15.2 Å². The van der Waals surface area contributed by atoms with Crippen LogP contribution in [0.2, 0.25) is 0 Å². The van der Waals surface area contributed by atoms with E-state index in [9.17, 15) is 9.90 Å². The molecule has 1 atom stereocenters. The Bertz CT molecular complexity index is 638. The largest absolute Gasteiger partial charge is 0.496 e. The number of anilines is 1. The van der Waals surface area contributed by atoms with Crippen LogP contribution in [0.5, 0.6) is 5.75 Å². The van der Waals surface area contributed by atoms with Crippen LogP contribution in [0.1, 0.15) is 28.9 Å². The summed E-state index contributed by atoms with van der Waals surface area (Å²) >= 11 is 3.35. The number of rotatable bonds is 4. The molecule has 0 aliphatic carbocycles. The third-order valence-corrected chi connectivity index (χ3v) is 3.68. The molecule has 4 nitrogen and oxygen atoms in total. The van der Waals surface area contributed by atoms with Crippen LogP contribution in [0.25, 0.3) is 0 Å². The highest BCUT2D eigenvalue weighted by molar-refractivity contribution is 9.10. The van der Waals surface area contributed by atoms with E-state index in [-0.39, 0.29) is 5.91 Å². The predicted octanol–water partition coefficient (Wildman–Crippen LogP) is 3.76. The van der Waals surface area contributed by atoms with Gasteiger partial charge in [0.05, 0.1) is 17.7 Å². The molecule has 0 saturated carbocycles. The van der Waals surface area contributed by atoms with Gasteiger partial charge in [-0.2, -0.15) is 0 Å². The number of methoxy groups -OCH3 is 1. The normalized spacial score (nSPS) is 11.8. The zero-order valence-corrected chi connectivity index (χ0v) is 13.3. The van der Waals surface area contributed by atoms with Gasteiger partial charge >= 0.3 is 0 Å². The average molecular weight is 350 g/mol.